The maximum Gasteiger partial charge on any atom is 0.339 e. The van der Waals surface area contributed by atoms with E-state index in [2.05, 4.69) is 0 Å². The maximum absolute atomic E-state index is 13.5. The van der Waals surface area contributed by atoms with Crippen LogP contribution in [0.4, 0.5) is 8.78 Å². The van der Waals surface area contributed by atoms with E-state index >= 15 is 0 Å². The number of amides is 1. The van der Waals surface area contributed by atoms with Crippen LogP contribution >= 0.6 is 0 Å². The molecule has 1 unspecified atom stereocenters. The quantitative estimate of drug-likeness (QED) is 0.781. The zero-order chi connectivity index (χ0) is 15.7. The average molecular weight is 311 g/mol. The fourth-order valence-corrected chi connectivity index (χ4v) is 2.67. The van der Waals surface area contributed by atoms with Crippen LogP contribution in [0.5, 0.6) is 0 Å². The molecule has 1 atom stereocenters. The lowest BCUT2D eigenvalue weighted by molar-refractivity contribution is -0.137. The van der Waals surface area contributed by atoms with Gasteiger partial charge in [0.1, 0.15) is 12.7 Å². The number of nitrogens with zero attached hydrogens (tertiary/aromatic N) is 1. The molecule has 0 saturated carbocycles. The number of hydrogen-bond donors (Lipinski definition) is 0. The summed E-state index contributed by atoms with van der Waals surface area (Å²) in [7, 11) is 0. The van der Waals surface area contributed by atoms with E-state index in [9.17, 15) is 18.4 Å². The lowest BCUT2D eigenvalue weighted by Gasteiger charge is -2.24. The van der Waals surface area contributed by atoms with Gasteiger partial charge in [-0.05, 0) is 6.07 Å². The molecule has 0 radical (unpaired) electrons. The summed E-state index contributed by atoms with van der Waals surface area (Å²) in [5, 5.41) is 0. The number of alkyl halides is 2. The molecular weight excluding hydrogens is 296 g/mol. The number of ether oxygens (including phenoxy) is 2. The van der Waals surface area contributed by atoms with Crippen LogP contribution in [0.15, 0.2) is 24.3 Å². The van der Waals surface area contributed by atoms with Gasteiger partial charge in [-0.1, -0.05) is 18.2 Å². The summed E-state index contributed by atoms with van der Waals surface area (Å²) in [6.07, 6.45) is -0.854. The Morgan fingerprint density at radius 3 is 2.95 bits per heavy atom. The zero-order valence-corrected chi connectivity index (χ0v) is 11.8. The molecule has 1 amide bonds. The molecule has 2 heterocycles. The first-order valence-electron chi connectivity index (χ1n) is 6.99. The van der Waals surface area contributed by atoms with Crippen LogP contribution in [0.3, 0.4) is 0 Å². The summed E-state index contributed by atoms with van der Waals surface area (Å²) in [4.78, 5) is 25.0. The van der Waals surface area contributed by atoms with E-state index in [0.29, 0.717) is 11.1 Å². The van der Waals surface area contributed by atoms with Gasteiger partial charge >= 0.3 is 5.97 Å². The zero-order valence-electron chi connectivity index (χ0n) is 11.8. The van der Waals surface area contributed by atoms with Gasteiger partial charge < -0.3 is 14.4 Å². The second kappa shape index (κ2) is 5.64. The van der Waals surface area contributed by atoms with Gasteiger partial charge in [0.25, 0.3) is 5.92 Å². The van der Waals surface area contributed by atoms with E-state index < -0.39 is 37.1 Å². The number of halogens is 2. The van der Waals surface area contributed by atoms with Crippen LogP contribution in [-0.2, 0) is 14.3 Å². The third kappa shape index (κ3) is 2.94. The molecule has 0 aliphatic carbocycles. The normalized spacial score (nSPS) is 23.6. The molecule has 2 aliphatic rings. The third-order valence-corrected chi connectivity index (χ3v) is 3.73. The van der Waals surface area contributed by atoms with E-state index in [1.807, 2.05) is 0 Å². The first-order chi connectivity index (χ1) is 10.5. The Bertz CT molecular complexity index is 605. The predicted octanol–water partition coefficient (Wildman–Crippen LogP) is 1.78. The number of carbonyl (C=O) groups excluding carboxylic acids is 2. The summed E-state index contributed by atoms with van der Waals surface area (Å²) in [5.41, 5.74) is 1.04. The predicted molar refractivity (Wildman–Crippen MR) is 71.6 cm³/mol. The van der Waals surface area contributed by atoms with E-state index in [1.165, 1.54) is 0 Å². The van der Waals surface area contributed by atoms with Gasteiger partial charge in [0.15, 0.2) is 0 Å². The SMILES string of the molecule is O=C1OC(CC(=O)N2CCOCC(F)(F)C2)c2ccccc21. The minimum Gasteiger partial charge on any atom is -0.453 e. The fourth-order valence-electron chi connectivity index (χ4n) is 2.67. The first-order valence-corrected chi connectivity index (χ1v) is 6.99. The van der Waals surface area contributed by atoms with Crippen LogP contribution in [0.1, 0.15) is 28.4 Å². The van der Waals surface area contributed by atoms with Gasteiger partial charge in [0.05, 0.1) is 25.1 Å². The largest absolute Gasteiger partial charge is 0.453 e. The van der Waals surface area contributed by atoms with Gasteiger partial charge in [0.2, 0.25) is 5.91 Å². The lowest BCUT2D eigenvalue weighted by Crippen LogP contribution is -2.41. The number of carbonyl (C=O) groups is 2. The monoisotopic (exact) mass is 311 g/mol. The Morgan fingerprint density at radius 2 is 2.14 bits per heavy atom. The highest BCUT2D eigenvalue weighted by molar-refractivity contribution is 5.94. The van der Waals surface area contributed by atoms with Crippen LogP contribution < -0.4 is 0 Å². The lowest BCUT2D eigenvalue weighted by atomic mass is 10.0. The van der Waals surface area contributed by atoms with Gasteiger partial charge in [-0.2, -0.15) is 0 Å². The number of rotatable bonds is 2. The topological polar surface area (TPSA) is 55.8 Å². The highest BCUT2D eigenvalue weighted by atomic mass is 19.3. The van der Waals surface area contributed by atoms with Crippen molar-refractivity contribution < 1.29 is 27.8 Å². The number of hydrogen-bond acceptors (Lipinski definition) is 4. The summed E-state index contributed by atoms with van der Waals surface area (Å²) >= 11 is 0. The average Bonchev–Trinajstić information content (AvgIpc) is 2.66. The third-order valence-electron chi connectivity index (χ3n) is 3.73. The van der Waals surface area contributed by atoms with E-state index in [0.717, 1.165) is 4.90 Å². The van der Waals surface area contributed by atoms with Gasteiger partial charge in [-0.3, -0.25) is 4.79 Å². The van der Waals surface area contributed by atoms with Crippen molar-refractivity contribution in [1.82, 2.24) is 4.90 Å². The summed E-state index contributed by atoms with van der Waals surface area (Å²) in [6, 6.07) is 6.78. The van der Waals surface area contributed by atoms with Gasteiger partial charge in [-0.15, -0.1) is 0 Å². The molecule has 5 nitrogen and oxygen atoms in total. The van der Waals surface area contributed by atoms with Crippen molar-refractivity contribution in [3.63, 3.8) is 0 Å². The summed E-state index contributed by atoms with van der Waals surface area (Å²) in [5.74, 6) is -4.02. The number of cyclic esters (lactones) is 1. The second-order valence-corrected chi connectivity index (χ2v) is 5.41. The standard InChI is InChI=1S/C15H15F2NO4/c16-15(17)8-18(5-6-21-9-15)13(19)7-12-10-3-1-2-4-11(10)14(20)22-12/h1-4,12H,5-9H2. The Kier molecular flexibility index (Phi) is 3.82. The Balaban J connectivity index is 1.71. The molecule has 0 spiro atoms. The molecule has 1 saturated heterocycles. The Labute approximate surface area is 125 Å². The van der Waals surface area contributed by atoms with Crippen LogP contribution in [0.2, 0.25) is 0 Å². The summed E-state index contributed by atoms with van der Waals surface area (Å²) < 4.78 is 36.9. The molecule has 3 rings (SSSR count). The summed E-state index contributed by atoms with van der Waals surface area (Å²) in [6.45, 7) is -1.18. The van der Waals surface area contributed by atoms with Crippen molar-refractivity contribution in [1.29, 1.82) is 0 Å². The van der Waals surface area contributed by atoms with Crippen molar-refractivity contribution in [3.8, 4) is 0 Å². The van der Waals surface area contributed by atoms with Crippen LogP contribution in [0, 0.1) is 0 Å². The number of esters is 1. The molecule has 2 aliphatic heterocycles. The molecule has 0 bridgehead atoms. The number of fused-ring (bicyclic) bond motifs is 1. The highest BCUT2D eigenvalue weighted by Gasteiger charge is 2.38. The molecule has 0 N–H and O–H groups in total. The van der Waals surface area contributed by atoms with E-state index in [1.54, 1.807) is 24.3 Å². The van der Waals surface area contributed by atoms with Crippen molar-refractivity contribution in [2.45, 2.75) is 18.4 Å². The second-order valence-electron chi connectivity index (χ2n) is 5.41. The Morgan fingerprint density at radius 1 is 1.36 bits per heavy atom. The first kappa shape index (κ1) is 14.9. The molecule has 7 heteroatoms. The minimum absolute atomic E-state index is 0.0718. The molecule has 1 aromatic rings. The molecule has 1 aromatic carbocycles. The van der Waals surface area contributed by atoms with Gasteiger partial charge in [-0.25, -0.2) is 13.6 Å². The smallest absolute Gasteiger partial charge is 0.339 e. The van der Waals surface area contributed by atoms with Crippen LogP contribution in [-0.4, -0.2) is 49.0 Å². The van der Waals surface area contributed by atoms with Crippen molar-refractivity contribution in [2.24, 2.45) is 0 Å². The highest BCUT2D eigenvalue weighted by Crippen LogP contribution is 2.33. The van der Waals surface area contributed by atoms with Crippen molar-refractivity contribution in [3.05, 3.63) is 35.4 Å². The molecular formula is C15H15F2NO4. The Hall–Kier alpha value is -2.02. The molecule has 118 valence electrons. The van der Waals surface area contributed by atoms with Crippen molar-refractivity contribution >= 4 is 11.9 Å². The van der Waals surface area contributed by atoms with Gasteiger partial charge in [0, 0.05) is 12.1 Å². The van der Waals surface area contributed by atoms with E-state index in [4.69, 9.17) is 9.47 Å². The van der Waals surface area contributed by atoms with E-state index in [-0.39, 0.29) is 19.6 Å². The molecule has 22 heavy (non-hydrogen) atoms. The van der Waals surface area contributed by atoms with Crippen LogP contribution in [0.25, 0.3) is 0 Å². The molecule has 0 aromatic heterocycles. The fraction of sp³-hybridized carbons (Fsp3) is 0.467. The maximum atomic E-state index is 13.5. The molecule has 1 fully saturated rings. The minimum atomic E-state index is -3.06. The number of benzene rings is 1. The van der Waals surface area contributed by atoms with Crippen molar-refractivity contribution in [2.75, 3.05) is 26.3 Å².